The van der Waals surface area contributed by atoms with E-state index in [1.165, 1.54) is 44.2 Å². The highest BCUT2D eigenvalue weighted by atomic mass is 16.2. The van der Waals surface area contributed by atoms with Crippen LogP contribution < -0.4 is 5.43 Å². The van der Waals surface area contributed by atoms with Crippen LogP contribution in [0.5, 0.6) is 0 Å². The van der Waals surface area contributed by atoms with Crippen molar-refractivity contribution in [2.45, 2.75) is 51.9 Å². The Morgan fingerprint density at radius 2 is 1.65 bits per heavy atom. The van der Waals surface area contributed by atoms with Crippen LogP contribution in [0.3, 0.4) is 0 Å². The first-order chi connectivity index (χ1) is 11.2. The second-order valence-corrected chi connectivity index (χ2v) is 7.92. The van der Waals surface area contributed by atoms with Gasteiger partial charge in [-0.2, -0.15) is 5.10 Å². The molecular formula is C20H26N2O. The molecule has 4 aliphatic carbocycles. The van der Waals surface area contributed by atoms with Gasteiger partial charge in [-0.25, -0.2) is 5.43 Å². The highest BCUT2D eigenvalue weighted by Gasteiger charge is 2.52. The van der Waals surface area contributed by atoms with Gasteiger partial charge >= 0.3 is 0 Å². The molecule has 1 aromatic carbocycles. The summed E-state index contributed by atoms with van der Waals surface area (Å²) in [5.74, 6) is 2.62. The zero-order valence-corrected chi connectivity index (χ0v) is 13.9. The average Bonchev–Trinajstić information content (AvgIpc) is 2.54. The third-order valence-electron chi connectivity index (χ3n) is 6.31. The summed E-state index contributed by atoms with van der Waals surface area (Å²) in [6.45, 7) is 2.19. The zero-order valence-electron chi connectivity index (χ0n) is 13.9. The van der Waals surface area contributed by atoms with E-state index in [0.717, 1.165) is 24.2 Å². The van der Waals surface area contributed by atoms with Crippen molar-refractivity contribution < 1.29 is 4.79 Å². The van der Waals surface area contributed by atoms with Crippen LogP contribution in [0.4, 0.5) is 0 Å². The summed E-state index contributed by atoms with van der Waals surface area (Å²) in [6, 6.07) is 9.37. The maximum absolute atomic E-state index is 12.3. The second kappa shape index (κ2) is 5.77. The maximum atomic E-state index is 12.3. The fourth-order valence-electron chi connectivity index (χ4n) is 5.81. The van der Waals surface area contributed by atoms with Crippen LogP contribution in [0.15, 0.2) is 35.4 Å². The first kappa shape index (κ1) is 14.9. The average molecular weight is 310 g/mol. The number of hydrogen-bond acceptors (Lipinski definition) is 2. The fourth-order valence-corrected chi connectivity index (χ4v) is 5.81. The lowest BCUT2D eigenvalue weighted by Crippen LogP contribution is -2.50. The van der Waals surface area contributed by atoms with Gasteiger partial charge in [0.15, 0.2) is 0 Å². The second-order valence-electron chi connectivity index (χ2n) is 7.92. The summed E-state index contributed by atoms with van der Waals surface area (Å²) < 4.78 is 0. The van der Waals surface area contributed by atoms with Crippen molar-refractivity contribution in [1.29, 1.82) is 0 Å². The molecule has 4 bridgehead atoms. The van der Waals surface area contributed by atoms with Crippen molar-refractivity contribution in [3.05, 3.63) is 35.9 Å². The molecule has 0 aliphatic heterocycles. The molecular weight excluding hydrogens is 284 g/mol. The molecule has 5 rings (SSSR count). The Kier molecular flexibility index (Phi) is 3.74. The number of carbonyl (C=O) groups is 1. The molecule has 0 saturated heterocycles. The van der Waals surface area contributed by atoms with Gasteiger partial charge in [-0.15, -0.1) is 0 Å². The van der Waals surface area contributed by atoms with Crippen LogP contribution in [-0.2, 0) is 0 Å². The summed E-state index contributed by atoms with van der Waals surface area (Å²) in [4.78, 5) is 12.3. The SMILES string of the molecule is CC/C(=N/NC(=O)c1ccccc1)C12CC3CC(CC(C3)C1)C2. The number of benzene rings is 1. The first-order valence-electron chi connectivity index (χ1n) is 9.11. The molecule has 1 N–H and O–H groups in total. The van der Waals surface area contributed by atoms with Gasteiger partial charge in [0.1, 0.15) is 0 Å². The van der Waals surface area contributed by atoms with Gasteiger partial charge in [0, 0.05) is 16.7 Å². The minimum Gasteiger partial charge on any atom is -0.267 e. The van der Waals surface area contributed by atoms with E-state index >= 15 is 0 Å². The van der Waals surface area contributed by atoms with E-state index < -0.39 is 0 Å². The van der Waals surface area contributed by atoms with Crippen LogP contribution >= 0.6 is 0 Å². The molecule has 0 spiro atoms. The number of nitrogens with zero attached hydrogens (tertiary/aromatic N) is 1. The Hall–Kier alpha value is -1.64. The van der Waals surface area contributed by atoms with Crippen molar-refractivity contribution in [3.63, 3.8) is 0 Å². The third-order valence-corrected chi connectivity index (χ3v) is 6.31. The van der Waals surface area contributed by atoms with E-state index in [1.54, 1.807) is 0 Å². The molecule has 0 atom stereocenters. The molecule has 0 radical (unpaired) electrons. The Labute approximate surface area is 138 Å². The van der Waals surface area contributed by atoms with E-state index in [9.17, 15) is 4.79 Å². The lowest BCUT2D eigenvalue weighted by atomic mass is 9.48. The Balaban J connectivity index is 1.53. The molecule has 4 saturated carbocycles. The zero-order chi connectivity index (χ0) is 15.9. The minimum absolute atomic E-state index is 0.0960. The highest BCUT2D eigenvalue weighted by molar-refractivity contribution is 5.96. The summed E-state index contributed by atoms with van der Waals surface area (Å²) in [6.07, 6.45) is 9.15. The van der Waals surface area contributed by atoms with Crippen molar-refractivity contribution in [2.75, 3.05) is 0 Å². The molecule has 0 heterocycles. The predicted octanol–water partition coefficient (Wildman–Crippen LogP) is 4.40. The van der Waals surface area contributed by atoms with Crippen LogP contribution in [0, 0.1) is 23.2 Å². The molecule has 0 unspecified atom stereocenters. The van der Waals surface area contributed by atoms with Crippen LogP contribution in [0.1, 0.15) is 62.2 Å². The summed E-state index contributed by atoms with van der Waals surface area (Å²) >= 11 is 0. The quantitative estimate of drug-likeness (QED) is 0.650. The Morgan fingerprint density at radius 3 is 2.17 bits per heavy atom. The molecule has 3 nitrogen and oxygen atoms in total. The number of carbonyl (C=O) groups excluding carboxylic acids is 1. The van der Waals surface area contributed by atoms with Crippen molar-refractivity contribution in [2.24, 2.45) is 28.3 Å². The molecule has 1 aromatic rings. The monoisotopic (exact) mass is 310 g/mol. The third kappa shape index (κ3) is 2.71. The van der Waals surface area contributed by atoms with Gasteiger partial charge < -0.3 is 0 Å². The topological polar surface area (TPSA) is 41.5 Å². The number of amides is 1. The van der Waals surface area contributed by atoms with E-state index in [0.29, 0.717) is 5.56 Å². The normalized spacial score (nSPS) is 35.3. The van der Waals surface area contributed by atoms with Crippen LogP contribution in [-0.4, -0.2) is 11.6 Å². The van der Waals surface area contributed by atoms with Gasteiger partial charge in [-0.05, 0) is 74.8 Å². The molecule has 23 heavy (non-hydrogen) atoms. The molecule has 1 amide bonds. The number of rotatable bonds is 4. The number of hydrazone groups is 1. The van der Waals surface area contributed by atoms with Crippen LogP contribution in [0.25, 0.3) is 0 Å². The van der Waals surface area contributed by atoms with Crippen molar-refractivity contribution >= 4 is 11.6 Å². The summed E-state index contributed by atoms with van der Waals surface area (Å²) in [5.41, 5.74) is 5.02. The van der Waals surface area contributed by atoms with Crippen LogP contribution in [0.2, 0.25) is 0 Å². The standard InChI is InChI=1S/C20H26N2O/c1-2-18(21-22-19(23)17-6-4-3-5-7-17)20-11-14-8-15(12-20)10-16(9-14)13-20/h3-7,14-16H,2,8-13H2,1H3,(H,22,23)/b21-18-. The van der Waals surface area contributed by atoms with Gasteiger partial charge in [-0.3, -0.25) is 4.79 Å². The highest BCUT2D eigenvalue weighted by Crippen LogP contribution is 2.60. The van der Waals surface area contributed by atoms with Gasteiger partial charge in [0.2, 0.25) is 0 Å². The lowest BCUT2D eigenvalue weighted by Gasteiger charge is -2.57. The smallest absolute Gasteiger partial charge is 0.267 e. The largest absolute Gasteiger partial charge is 0.271 e. The van der Waals surface area contributed by atoms with E-state index in [1.807, 2.05) is 30.3 Å². The molecule has 0 aromatic heterocycles. The van der Waals surface area contributed by atoms with Crippen molar-refractivity contribution in [3.8, 4) is 0 Å². The maximum Gasteiger partial charge on any atom is 0.271 e. The van der Waals surface area contributed by atoms with E-state index in [-0.39, 0.29) is 11.3 Å². The molecule has 4 aliphatic rings. The Bertz CT molecular complexity index is 585. The first-order valence-corrected chi connectivity index (χ1v) is 9.11. The molecule has 4 fully saturated rings. The lowest BCUT2D eigenvalue weighted by molar-refractivity contribution is -0.0134. The van der Waals surface area contributed by atoms with Gasteiger partial charge in [0.05, 0.1) is 0 Å². The number of nitrogens with one attached hydrogen (secondary N) is 1. The summed E-state index contributed by atoms with van der Waals surface area (Å²) in [7, 11) is 0. The van der Waals surface area contributed by atoms with Gasteiger partial charge in [-0.1, -0.05) is 25.1 Å². The molecule has 122 valence electrons. The van der Waals surface area contributed by atoms with E-state index in [4.69, 9.17) is 0 Å². The van der Waals surface area contributed by atoms with Gasteiger partial charge in [0.25, 0.3) is 5.91 Å². The summed E-state index contributed by atoms with van der Waals surface area (Å²) in [5, 5.41) is 4.63. The molecule has 3 heteroatoms. The predicted molar refractivity (Wildman–Crippen MR) is 92.2 cm³/mol. The number of hydrogen-bond donors (Lipinski definition) is 1. The van der Waals surface area contributed by atoms with Crippen molar-refractivity contribution in [1.82, 2.24) is 5.43 Å². The minimum atomic E-state index is -0.0960. The Morgan fingerprint density at radius 1 is 1.09 bits per heavy atom. The fraction of sp³-hybridized carbons (Fsp3) is 0.600. The van der Waals surface area contributed by atoms with E-state index in [2.05, 4.69) is 17.5 Å².